The van der Waals surface area contributed by atoms with Gasteiger partial charge >= 0.3 is 0 Å². The molecule has 0 fully saturated rings. The van der Waals surface area contributed by atoms with Gasteiger partial charge in [0.2, 0.25) is 0 Å². The van der Waals surface area contributed by atoms with Crippen molar-refractivity contribution >= 4 is 5.97 Å². The number of hydrogen-bond donors (Lipinski definition) is 1. The van der Waals surface area contributed by atoms with E-state index in [0.717, 1.165) is 51.6 Å². The molecule has 1 unspecified atom stereocenters. The zero-order chi connectivity index (χ0) is 19.1. The fourth-order valence-electron chi connectivity index (χ4n) is 3.34. The van der Waals surface area contributed by atoms with Crippen molar-refractivity contribution in [1.29, 1.82) is 0 Å². The van der Waals surface area contributed by atoms with Gasteiger partial charge in [0.05, 0.1) is 25.6 Å². The van der Waals surface area contributed by atoms with Gasteiger partial charge in [-0.2, -0.15) is 0 Å². The summed E-state index contributed by atoms with van der Waals surface area (Å²) >= 11 is 0. The molecule has 4 heteroatoms. The minimum atomic E-state index is -0.964. The number of aliphatic hydroxyl groups is 1. The van der Waals surface area contributed by atoms with Crippen LogP contribution in [0.25, 0.3) is 0 Å². The van der Waals surface area contributed by atoms with E-state index in [1.807, 2.05) is 13.1 Å². The molecule has 0 aliphatic rings. The second-order valence-electron chi connectivity index (χ2n) is 7.41. The molecule has 0 aromatic rings. The molecule has 0 saturated heterocycles. The van der Waals surface area contributed by atoms with E-state index in [-0.39, 0.29) is 0 Å². The molecule has 0 heterocycles. The number of nitrogens with zero attached hydrogens (tertiary/aromatic N) is 1. The van der Waals surface area contributed by atoms with Gasteiger partial charge in [-0.1, -0.05) is 59.8 Å². The van der Waals surface area contributed by atoms with E-state index >= 15 is 0 Å². The summed E-state index contributed by atoms with van der Waals surface area (Å²) in [7, 11) is 0. The minimum absolute atomic E-state index is 0.427. The predicted octanol–water partition coefficient (Wildman–Crippen LogP) is 4.55. The number of hydrogen-bond acceptors (Lipinski definition) is 3. The van der Waals surface area contributed by atoms with Crippen molar-refractivity contribution in [2.75, 3.05) is 19.6 Å². The van der Waals surface area contributed by atoms with Crippen molar-refractivity contribution in [3.8, 4) is 0 Å². The average Bonchev–Trinajstić information content (AvgIpc) is 2.59. The molecule has 0 bridgehead atoms. The molecular weight excluding hydrogens is 314 g/mol. The summed E-state index contributed by atoms with van der Waals surface area (Å²) in [6.45, 7) is 10.7. The van der Waals surface area contributed by atoms with Gasteiger partial charge in [0.25, 0.3) is 0 Å². The summed E-state index contributed by atoms with van der Waals surface area (Å²) in [5, 5.41) is 22.0. The molecule has 0 aromatic heterocycles. The van der Waals surface area contributed by atoms with E-state index in [1.54, 1.807) is 0 Å². The van der Waals surface area contributed by atoms with Gasteiger partial charge in [0, 0.05) is 12.3 Å². The van der Waals surface area contributed by atoms with E-state index in [2.05, 4.69) is 20.8 Å². The Hall–Kier alpha value is -1.03. The molecule has 0 aliphatic carbocycles. The molecule has 0 aromatic carbocycles. The number of carbonyl (C=O) groups excluding carboxylic acids is 1. The van der Waals surface area contributed by atoms with Crippen molar-refractivity contribution < 1.29 is 19.5 Å². The number of quaternary nitrogens is 1. The number of aliphatic hydroxyl groups excluding tert-OH is 1. The first-order valence-electron chi connectivity index (χ1n) is 10.4. The van der Waals surface area contributed by atoms with Crippen LogP contribution >= 0.6 is 0 Å². The Labute approximate surface area is 155 Å². The third kappa shape index (κ3) is 10.5. The zero-order valence-electron chi connectivity index (χ0n) is 17.1. The molecule has 0 rings (SSSR count). The Morgan fingerprint density at radius 2 is 1.52 bits per heavy atom. The van der Waals surface area contributed by atoms with E-state index < -0.39 is 11.9 Å². The van der Waals surface area contributed by atoms with E-state index in [9.17, 15) is 15.0 Å². The second kappa shape index (κ2) is 14.2. The van der Waals surface area contributed by atoms with Crippen LogP contribution < -0.4 is 5.11 Å². The average molecular weight is 356 g/mol. The van der Waals surface area contributed by atoms with Gasteiger partial charge in [0.15, 0.2) is 0 Å². The molecule has 25 heavy (non-hydrogen) atoms. The van der Waals surface area contributed by atoms with Crippen LogP contribution in [-0.4, -0.2) is 35.2 Å². The Kier molecular flexibility index (Phi) is 13.6. The second-order valence-corrected chi connectivity index (χ2v) is 7.41. The number of carboxylic acids is 1. The SMILES string of the molecule is CCCCCC/C(O)=C/[N+](CCCC)(CCCC)CC(CC)C(=O)[O-]. The Morgan fingerprint density at radius 3 is 1.96 bits per heavy atom. The largest absolute Gasteiger partial charge is 0.550 e. The maximum atomic E-state index is 11.5. The van der Waals surface area contributed by atoms with Crippen LogP contribution in [0.5, 0.6) is 0 Å². The summed E-state index contributed by atoms with van der Waals surface area (Å²) in [4.78, 5) is 11.5. The first-order valence-corrected chi connectivity index (χ1v) is 10.4. The summed E-state index contributed by atoms with van der Waals surface area (Å²) in [6, 6.07) is 0. The van der Waals surface area contributed by atoms with Gasteiger partial charge in [0.1, 0.15) is 12.0 Å². The molecular formula is C21H41NO3. The highest BCUT2D eigenvalue weighted by Gasteiger charge is 2.29. The van der Waals surface area contributed by atoms with E-state index in [4.69, 9.17) is 0 Å². The Balaban J connectivity index is 5.29. The molecule has 148 valence electrons. The normalized spacial score (nSPS) is 13.8. The molecule has 0 saturated carbocycles. The van der Waals surface area contributed by atoms with Crippen molar-refractivity contribution in [2.24, 2.45) is 5.92 Å². The van der Waals surface area contributed by atoms with Gasteiger partial charge in [-0.25, -0.2) is 0 Å². The van der Waals surface area contributed by atoms with E-state index in [1.165, 1.54) is 12.8 Å². The fourth-order valence-corrected chi connectivity index (χ4v) is 3.34. The number of allylic oxidation sites excluding steroid dienone is 1. The lowest BCUT2D eigenvalue weighted by atomic mass is 10.0. The lowest BCUT2D eigenvalue weighted by Gasteiger charge is -2.38. The lowest BCUT2D eigenvalue weighted by molar-refractivity contribution is -0.883. The summed E-state index contributed by atoms with van der Waals surface area (Å²) < 4.78 is 0.577. The maximum absolute atomic E-state index is 11.5. The van der Waals surface area contributed by atoms with Crippen LogP contribution in [0.15, 0.2) is 12.0 Å². The topological polar surface area (TPSA) is 60.4 Å². The standard InChI is InChI=1S/C21H41NO3/c1-5-9-12-13-14-20(23)18-22(15-10-6-2,16-11-7-3)17-19(8-4)21(24)25/h18-19H,5-17H2,1-4H3,(H-,23,24,25)/b20-18-. The first kappa shape index (κ1) is 24.0. The third-order valence-electron chi connectivity index (χ3n) is 5.03. The van der Waals surface area contributed by atoms with Crippen LogP contribution in [0.4, 0.5) is 0 Å². The fraction of sp³-hybridized carbons (Fsp3) is 0.857. The van der Waals surface area contributed by atoms with Gasteiger partial charge < -0.3 is 15.0 Å². The highest BCUT2D eigenvalue weighted by molar-refractivity contribution is 5.67. The molecule has 1 N–H and O–H groups in total. The monoisotopic (exact) mass is 355 g/mol. The first-order chi connectivity index (χ1) is 11.9. The van der Waals surface area contributed by atoms with Crippen LogP contribution in [0.1, 0.15) is 91.9 Å². The number of aliphatic carboxylic acids is 1. The van der Waals surface area contributed by atoms with Crippen LogP contribution in [0, 0.1) is 5.92 Å². The number of unbranched alkanes of at least 4 members (excludes halogenated alkanes) is 5. The third-order valence-corrected chi connectivity index (χ3v) is 5.03. The van der Waals surface area contributed by atoms with Crippen molar-refractivity contribution in [3.05, 3.63) is 12.0 Å². The van der Waals surface area contributed by atoms with Gasteiger partial charge in [-0.15, -0.1) is 0 Å². The quantitative estimate of drug-likeness (QED) is 0.251. The smallest absolute Gasteiger partial charge is 0.145 e. The molecule has 0 aliphatic heterocycles. The zero-order valence-corrected chi connectivity index (χ0v) is 17.1. The van der Waals surface area contributed by atoms with Crippen LogP contribution in [0.3, 0.4) is 0 Å². The molecule has 0 amide bonds. The minimum Gasteiger partial charge on any atom is -0.550 e. The number of carbonyl (C=O) groups is 1. The van der Waals surface area contributed by atoms with Crippen molar-refractivity contribution in [1.82, 2.24) is 0 Å². The maximum Gasteiger partial charge on any atom is 0.145 e. The van der Waals surface area contributed by atoms with E-state index in [0.29, 0.717) is 29.6 Å². The van der Waals surface area contributed by atoms with Crippen molar-refractivity contribution in [3.63, 3.8) is 0 Å². The van der Waals surface area contributed by atoms with Crippen LogP contribution in [-0.2, 0) is 4.79 Å². The van der Waals surface area contributed by atoms with Gasteiger partial charge in [-0.05, 0) is 25.7 Å². The van der Waals surface area contributed by atoms with Crippen LogP contribution in [0.2, 0.25) is 0 Å². The number of carboxylic acid groups (broad SMARTS) is 1. The summed E-state index contributed by atoms with van der Waals surface area (Å²) in [6.07, 6.45) is 11.9. The summed E-state index contributed by atoms with van der Waals surface area (Å²) in [5.74, 6) is -0.997. The predicted molar refractivity (Wildman–Crippen MR) is 103 cm³/mol. The number of rotatable bonds is 16. The molecule has 4 nitrogen and oxygen atoms in total. The lowest BCUT2D eigenvalue weighted by Crippen LogP contribution is -2.51. The molecule has 1 atom stereocenters. The van der Waals surface area contributed by atoms with Crippen molar-refractivity contribution in [2.45, 2.75) is 91.9 Å². The molecule has 0 radical (unpaired) electrons. The highest BCUT2D eigenvalue weighted by Crippen LogP contribution is 2.22. The highest BCUT2D eigenvalue weighted by atomic mass is 16.4. The Morgan fingerprint density at radius 1 is 0.960 bits per heavy atom. The molecule has 0 spiro atoms. The Bertz CT molecular complexity index is 371. The van der Waals surface area contributed by atoms with Gasteiger partial charge in [-0.3, -0.25) is 4.48 Å². The summed E-state index contributed by atoms with van der Waals surface area (Å²) in [5.41, 5.74) is 0.